The molecule has 0 radical (unpaired) electrons. The van der Waals surface area contributed by atoms with Gasteiger partial charge in [0.25, 0.3) is 0 Å². The van der Waals surface area contributed by atoms with Crippen molar-refractivity contribution in [1.29, 1.82) is 0 Å². The number of carbonyl (C=O) groups is 1. The average molecular weight is 332 g/mol. The molecule has 2 aromatic carbocycles. The Hall–Kier alpha value is -3.34. The zero-order valence-corrected chi connectivity index (χ0v) is 13.3. The Morgan fingerprint density at radius 1 is 0.960 bits per heavy atom. The number of ether oxygens (including phenoxy) is 1. The second kappa shape index (κ2) is 6.28. The number of phenolic OH excluding ortho intramolecular Hbond substituents is 1. The molecule has 5 nitrogen and oxygen atoms in total. The fourth-order valence-electron chi connectivity index (χ4n) is 3.01. The molecule has 0 bridgehead atoms. The van der Waals surface area contributed by atoms with E-state index in [9.17, 15) is 9.90 Å². The Morgan fingerprint density at radius 2 is 1.76 bits per heavy atom. The second-order valence-electron chi connectivity index (χ2n) is 5.86. The highest BCUT2D eigenvalue weighted by molar-refractivity contribution is 5.71. The maximum atomic E-state index is 11.8. The van der Waals surface area contributed by atoms with Crippen molar-refractivity contribution in [2.75, 3.05) is 0 Å². The van der Waals surface area contributed by atoms with Crippen LogP contribution in [0.2, 0.25) is 0 Å². The van der Waals surface area contributed by atoms with E-state index in [-0.39, 0.29) is 5.75 Å². The van der Waals surface area contributed by atoms with E-state index in [1.54, 1.807) is 18.2 Å². The Bertz CT molecular complexity index is 912. The van der Waals surface area contributed by atoms with Crippen molar-refractivity contribution in [3.05, 3.63) is 84.1 Å². The number of amides is 1. The van der Waals surface area contributed by atoms with Crippen LogP contribution in [-0.2, 0) is 4.74 Å². The molecule has 0 unspecified atom stereocenters. The number of aromatic hydroxyl groups is 1. The van der Waals surface area contributed by atoms with Gasteiger partial charge < -0.3 is 15.2 Å². The maximum absolute atomic E-state index is 11.8. The van der Waals surface area contributed by atoms with Crippen molar-refractivity contribution in [3.63, 3.8) is 0 Å². The molecule has 1 aromatic heterocycles. The van der Waals surface area contributed by atoms with E-state index in [0.717, 1.165) is 16.8 Å². The van der Waals surface area contributed by atoms with E-state index in [1.807, 2.05) is 54.6 Å². The van der Waals surface area contributed by atoms with Crippen molar-refractivity contribution in [3.8, 4) is 17.0 Å². The lowest BCUT2D eigenvalue weighted by Gasteiger charge is -2.17. The number of cyclic esters (lactones) is 1. The van der Waals surface area contributed by atoms with Gasteiger partial charge in [0.05, 0.1) is 11.4 Å². The van der Waals surface area contributed by atoms with Gasteiger partial charge in [0.1, 0.15) is 11.8 Å². The number of alkyl carbamates (subject to hydrolysis) is 1. The molecule has 5 heteroatoms. The molecule has 4 rings (SSSR count). The molecule has 1 saturated heterocycles. The van der Waals surface area contributed by atoms with E-state index in [2.05, 4.69) is 5.32 Å². The fourth-order valence-corrected chi connectivity index (χ4v) is 3.01. The van der Waals surface area contributed by atoms with Crippen LogP contribution in [0, 0.1) is 0 Å². The summed E-state index contributed by atoms with van der Waals surface area (Å²) in [6.45, 7) is 0. The number of rotatable bonds is 3. The summed E-state index contributed by atoms with van der Waals surface area (Å²) >= 11 is 0. The van der Waals surface area contributed by atoms with Crippen molar-refractivity contribution in [2.45, 2.75) is 12.1 Å². The summed E-state index contributed by atoms with van der Waals surface area (Å²) in [4.78, 5) is 16.5. The van der Waals surface area contributed by atoms with Gasteiger partial charge in [0.15, 0.2) is 6.10 Å². The van der Waals surface area contributed by atoms with Gasteiger partial charge in [-0.15, -0.1) is 0 Å². The summed E-state index contributed by atoms with van der Waals surface area (Å²) in [5, 5.41) is 12.5. The molecule has 124 valence electrons. The molecule has 2 heterocycles. The van der Waals surface area contributed by atoms with Gasteiger partial charge in [-0.3, -0.25) is 4.98 Å². The summed E-state index contributed by atoms with van der Waals surface area (Å²) < 4.78 is 5.41. The van der Waals surface area contributed by atoms with Crippen LogP contribution in [0.3, 0.4) is 0 Å². The SMILES string of the molecule is O=C1N[C@H](c2cccc(-c3ccccc3)n2)[C@@H](c2cccc(O)c2)O1. The molecule has 0 spiro atoms. The predicted molar refractivity (Wildman–Crippen MR) is 92.9 cm³/mol. The third kappa shape index (κ3) is 3.04. The molecule has 2 atom stereocenters. The molecule has 2 N–H and O–H groups in total. The molecule has 1 aliphatic rings. The highest BCUT2D eigenvalue weighted by atomic mass is 16.6. The number of nitrogens with one attached hydrogen (secondary N) is 1. The van der Waals surface area contributed by atoms with E-state index in [4.69, 9.17) is 9.72 Å². The van der Waals surface area contributed by atoms with Gasteiger partial charge in [0, 0.05) is 5.56 Å². The highest BCUT2D eigenvalue weighted by Crippen LogP contribution is 2.37. The van der Waals surface area contributed by atoms with Gasteiger partial charge in [-0.1, -0.05) is 48.5 Å². The zero-order chi connectivity index (χ0) is 17.2. The van der Waals surface area contributed by atoms with Crippen LogP contribution >= 0.6 is 0 Å². The van der Waals surface area contributed by atoms with Gasteiger partial charge in [0.2, 0.25) is 0 Å². The number of aromatic nitrogens is 1. The van der Waals surface area contributed by atoms with E-state index in [0.29, 0.717) is 5.69 Å². The number of hydrogen-bond acceptors (Lipinski definition) is 4. The summed E-state index contributed by atoms with van der Waals surface area (Å²) in [6, 6.07) is 21.9. The fraction of sp³-hybridized carbons (Fsp3) is 0.100. The predicted octanol–water partition coefficient (Wildman–Crippen LogP) is 3.98. The number of nitrogens with zero attached hydrogens (tertiary/aromatic N) is 1. The van der Waals surface area contributed by atoms with Crippen LogP contribution in [0.1, 0.15) is 23.4 Å². The maximum Gasteiger partial charge on any atom is 0.408 e. The minimum atomic E-state index is -0.543. The van der Waals surface area contributed by atoms with Gasteiger partial charge in [-0.2, -0.15) is 0 Å². The van der Waals surface area contributed by atoms with Gasteiger partial charge in [-0.05, 0) is 29.8 Å². The Balaban J connectivity index is 1.71. The number of carbonyl (C=O) groups excluding carboxylic acids is 1. The first-order valence-electron chi connectivity index (χ1n) is 7.99. The number of phenols is 1. The van der Waals surface area contributed by atoms with Crippen LogP contribution in [0.25, 0.3) is 11.3 Å². The van der Waals surface area contributed by atoms with Crippen molar-refractivity contribution < 1.29 is 14.6 Å². The lowest BCUT2D eigenvalue weighted by atomic mass is 9.99. The van der Waals surface area contributed by atoms with E-state index >= 15 is 0 Å². The van der Waals surface area contributed by atoms with Crippen molar-refractivity contribution in [2.24, 2.45) is 0 Å². The lowest BCUT2D eigenvalue weighted by Crippen LogP contribution is -2.20. The third-order valence-electron chi connectivity index (χ3n) is 4.17. The monoisotopic (exact) mass is 332 g/mol. The molecule has 25 heavy (non-hydrogen) atoms. The van der Waals surface area contributed by atoms with Crippen LogP contribution in [0.4, 0.5) is 4.79 Å². The Kier molecular flexibility index (Phi) is 3.82. The molecule has 0 aliphatic carbocycles. The summed E-state index contributed by atoms with van der Waals surface area (Å²) in [5.74, 6) is 0.130. The molecular weight excluding hydrogens is 316 g/mol. The third-order valence-corrected chi connectivity index (χ3v) is 4.17. The first kappa shape index (κ1) is 15.2. The van der Waals surface area contributed by atoms with E-state index < -0.39 is 18.2 Å². The molecule has 0 saturated carbocycles. The standard InChI is InChI=1S/C20H16N2O3/c23-15-9-4-8-14(12-15)19-18(22-20(24)25-19)17-11-5-10-16(21-17)13-6-2-1-3-7-13/h1-12,18-19,23H,(H,22,24)/t18-,19-/m1/s1. The van der Waals surface area contributed by atoms with Gasteiger partial charge in [-0.25, -0.2) is 4.79 Å². The quantitative estimate of drug-likeness (QED) is 0.761. The molecule has 3 aromatic rings. The topological polar surface area (TPSA) is 71.5 Å². The minimum absolute atomic E-state index is 0.130. The van der Waals surface area contributed by atoms with Crippen molar-refractivity contribution in [1.82, 2.24) is 10.3 Å². The van der Waals surface area contributed by atoms with Crippen LogP contribution in [0.5, 0.6) is 5.75 Å². The summed E-state index contributed by atoms with van der Waals surface area (Å²) in [6.07, 6.45) is -1.04. The highest BCUT2D eigenvalue weighted by Gasteiger charge is 2.37. The average Bonchev–Trinajstić information content (AvgIpc) is 3.04. The summed E-state index contributed by atoms with van der Waals surface area (Å²) in [7, 11) is 0. The van der Waals surface area contributed by atoms with E-state index in [1.165, 1.54) is 0 Å². The molecule has 1 amide bonds. The Labute approximate surface area is 144 Å². The molecule has 1 aliphatic heterocycles. The van der Waals surface area contributed by atoms with Crippen molar-refractivity contribution >= 4 is 6.09 Å². The minimum Gasteiger partial charge on any atom is -0.508 e. The second-order valence-corrected chi connectivity index (χ2v) is 5.86. The first-order valence-corrected chi connectivity index (χ1v) is 7.99. The van der Waals surface area contributed by atoms with Crippen LogP contribution in [-0.4, -0.2) is 16.2 Å². The lowest BCUT2D eigenvalue weighted by molar-refractivity contribution is 0.131. The number of pyridine rings is 1. The molecular formula is C20H16N2O3. The first-order chi connectivity index (χ1) is 12.2. The zero-order valence-electron chi connectivity index (χ0n) is 13.3. The van der Waals surface area contributed by atoms with Gasteiger partial charge >= 0.3 is 6.09 Å². The normalized spacial score (nSPS) is 19.3. The largest absolute Gasteiger partial charge is 0.508 e. The molecule has 1 fully saturated rings. The Morgan fingerprint density at radius 3 is 2.56 bits per heavy atom. The smallest absolute Gasteiger partial charge is 0.408 e. The summed E-state index contributed by atoms with van der Waals surface area (Å²) in [5.41, 5.74) is 3.26. The number of benzene rings is 2. The number of hydrogen-bond donors (Lipinski definition) is 2. The van der Waals surface area contributed by atoms with Crippen LogP contribution in [0.15, 0.2) is 72.8 Å². The van der Waals surface area contributed by atoms with Crippen LogP contribution < -0.4 is 5.32 Å².